The summed E-state index contributed by atoms with van der Waals surface area (Å²) in [4.78, 5) is 101. The molecule has 27 heteroatoms. The van der Waals surface area contributed by atoms with E-state index in [1.54, 1.807) is 135 Å². The molecule has 11 rings (SSSR count). The van der Waals surface area contributed by atoms with Crippen molar-refractivity contribution in [2.75, 3.05) is 31.7 Å². The normalized spacial score (nSPS) is 24.0. The number of nitrogens with one attached hydrogen (secondary N) is 2. The van der Waals surface area contributed by atoms with E-state index in [4.69, 9.17) is 37.9 Å². The van der Waals surface area contributed by atoms with Gasteiger partial charge in [-0.1, -0.05) is 126 Å². The van der Waals surface area contributed by atoms with Crippen molar-refractivity contribution in [2.45, 2.75) is 139 Å². The van der Waals surface area contributed by atoms with Gasteiger partial charge in [-0.2, -0.15) is 4.98 Å². The number of aliphatic hydroxyl groups is 4. The van der Waals surface area contributed by atoms with Crippen LogP contribution < -0.4 is 24.2 Å². The van der Waals surface area contributed by atoms with Crippen molar-refractivity contribution < 1.29 is 95.5 Å². The number of rotatable bonds is 20. The van der Waals surface area contributed by atoms with E-state index in [1.165, 1.54) is 57.6 Å². The third-order valence-corrected chi connectivity index (χ3v) is 20.3. The van der Waals surface area contributed by atoms with Gasteiger partial charge in [0.1, 0.15) is 30.5 Å². The minimum Gasteiger partial charge on any atom is -0.493 e. The van der Waals surface area contributed by atoms with Crippen molar-refractivity contribution in [3.63, 3.8) is 0 Å². The van der Waals surface area contributed by atoms with Gasteiger partial charge in [0.25, 0.3) is 21.8 Å². The Balaban J connectivity index is 0.000000242. The Hall–Kier alpha value is -10.0. The number of nitrogens with zero attached hydrogens (tertiary/aromatic N) is 4. The summed E-state index contributed by atoms with van der Waals surface area (Å²) >= 11 is 0. The second kappa shape index (κ2) is 29.7. The van der Waals surface area contributed by atoms with Gasteiger partial charge in [-0.05, 0) is 96.1 Å². The highest BCUT2D eigenvalue weighted by atomic mass is 32.2. The largest absolute Gasteiger partial charge is 0.493 e. The highest BCUT2D eigenvalue weighted by Crippen LogP contribution is 2.64. The number of ketones is 1. The predicted molar refractivity (Wildman–Crippen MR) is 362 cm³/mol. The molecule has 6 N–H and O–H groups in total. The van der Waals surface area contributed by atoms with Crippen LogP contribution in [0, 0.1) is 16.7 Å². The van der Waals surface area contributed by atoms with E-state index in [2.05, 4.69) is 30.0 Å². The number of esters is 4. The maximum atomic E-state index is 15.5. The fourth-order valence-corrected chi connectivity index (χ4v) is 14.7. The fraction of sp³-hybridized carbons (Fsp3) is 0.378. The van der Waals surface area contributed by atoms with E-state index in [1.807, 2.05) is 20.8 Å². The van der Waals surface area contributed by atoms with E-state index in [0.29, 0.717) is 11.3 Å². The summed E-state index contributed by atoms with van der Waals surface area (Å²) in [7, 11) is -2.66. The molecule has 2 bridgehead atoms. The molecule has 1 aliphatic heterocycles. The summed E-state index contributed by atoms with van der Waals surface area (Å²) < 4.78 is 76.9. The number of sulfonamides is 1. The molecule has 11 atom stereocenters. The lowest BCUT2D eigenvalue weighted by atomic mass is 9.44. The number of aliphatic hydroxyl groups excluding tert-OH is 3. The molecule has 3 heterocycles. The van der Waals surface area contributed by atoms with Gasteiger partial charge >= 0.3 is 23.9 Å². The number of anilines is 1. The van der Waals surface area contributed by atoms with Crippen LogP contribution in [0.15, 0.2) is 174 Å². The number of para-hydroxylation sites is 2. The molecule has 4 aliphatic rings. The van der Waals surface area contributed by atoms with Crippen molar-refractivity contribution in [3.05, 3.63) is 191 Å². The Morgan fingerprint density at radius 1 is 0.762 bits per heavy atom. The molecule has 2 saturated carbocycles. The number of ether oxygens (including phenoxy) is 8. The SMILES string of the molecule is CC(=O)O[C@H]1C(=O)[C@@]2(C)[C@H]([C@H](OC(=O)c3ccccc3)[C@]3(O)C[C@H](OC(=O)[C@H](O)[C@@H](NC(=O)c4ccccc4)c4ccccc4)C(C)=C1C3(C)C)[C@]1(OC(C)=O)CO[C@@H]1C[C@@H]2O.COc1ccccc1Oc1c(NS(=O)(=O)c2ccc(C(C)(C)C)cc2)nc(-c2ncccn2)nc1OCCO. The average molecular weight is 1410 g/mol. The molecule has 3 fully saturated rings. The van der Waals surface area contributed by atoms with Crippen LogP contribution in [0.4, 0.5) is 5.82 Å². The quantitative estimate of drug-likeness (QED) is 0.0239. The first-order chi connectivity index (χ1) is 47.9. The highest BCUT2D eigenvalue weighted by Gasteiger charge is 2.78. The van der Waals surface area contributed by atoms with Crippen LogP contribution in [-0.2, 0) is 58.3 Å². The molecule has 26 nitrogen and oxygen atoms in total. The number of methoxy groups -OCH3 is 1. The monoisotopic (exact) mass is 1400 g/mol. The Kier molecular flexibility index (Phi) is 21.6. The summed E-state index contributed by atoms with van der Waals surface area (Å²) in [5.74, 6) is -6.57. The van der Waals surface area contributed by atoms with Gasteiger partial charge in [-0.3, -0.25) is 23.9 Å². The Morgan fingerprint density at radius 2 is 1.37 bits per heavy atom. The lowest BCUT2D eigenvalue weighted by Gasteiger charge is -2.67. The molecule has 0 radical (unpaired) electrons. The van der Waals surface area contributed by atoms with Crippen molar-refractivity contribution in [2.24, 2.45) is 16.7 Å². The lowest BCUT2D eigenvalue weighted by Crippen LogP contribution is -2.82. The Bertz CT molecular complexity index is 4360. The predicted octanol–water partition coefficient (Wildman–Crippen LogP) is 7.94. The summed E-state index contributed by atoms with van der Waals surface area (Å²) in [6.45, 7) is 13.6. The van der Waals surface area contributed by atoms with Crippen molar-refractivity contribution in [3.8, 4) is 34.8 Å². The van der Waals surface area contributed by atoms with E-state index in [-0.39, 0.29) is 93.7 Å². The first-order valence-electron chi connectivity index (χ1n) is 32.5. The maximum Gasteiger partial charge on any atom is 0.338 e. The number of hydrogen-bond donors (Lipinski definition) is 6. The zero-order valence-electron chi connectivity index (χ0n) is 57.2. The molecule has 532 valence electrons. The number of Topliss-reactive ketones (excluding diaryl/α,β-unsaturated/α-hetero) is 1. The smallest absolute Gasteiger partial charge is 0.338 e. The topological polar surface area (TPSA) is 367 Å². The molecule has 3 aliphatic carbocycles. The fourth-order valence-electron chi connectivity index (χ4n) is 13.7. The van der Waals surface area contributed by atoms with Gasteiger partial charge in [0.15, 0.2) is 46.7 Å². The molecule has 1 saturated heterocycles. The summed E-state index contributed by atoms with van der Waals surface area (Å²) in [5, 5.41) is 49.6. The van der Waals surface area contributed by atoms with Crippen molar-refractivity contribution in [1.82, 2.24) is 25.3 Å². The van der Waals surface area contributed by atoms with Crippen LogP contribution in [0.3, 0.4) is 0 Å². The lowest BCUT2D eigenvalue weighted by molar-refractivity contribution is -0.346. The van der Waals surface area contributed by atoms with Crippen LogP contribution in [0.25, 0.3) is 11.6 Å². The summed E-state index contributed by atoms with van der Waals surface area (Å²) in [6.07, 6.45) is -7.51. The van der Waals surface area contributed by atoms with Gasteiger partial charge in [-0.25, -0.2) is 33.0 Å². The molecule has 2 aromatic heterocycles. The van der Waals surface area contributed by atoms with Crippen molar-refractivity contribution in [1.29, 1.82) is 0 Å². The number of hydrogen-bond acceptors (Lipinski definition) is 24. The zero-order chi connectivity index (χ0) is 73.0. The Labute approximate surface area is 583 Å². The number of carbonyl (C=O) groups excluding carboxylic acids is 6. The van der Waals surface area contributed by atoms with Crippen LogP contribution >= 0.6 is 0 Å². The minimum absolute atomic E-state index is 0.00289. The van der Waals surface area contributed by atoms with Gasteiger partial charge < -0.3 is 63.6 Å². The minimum atomic E-state index is -4.14. The molecule has 0 unspecified atom stereocenters. The van der Waals surface area contributed by atoms with E-state index >= 15 is 4.79 Å². The second-order valence-electron chi connectivity index (χ2n) is 26.7. The highest BCUT2D eigenvalue weighted by molar-refractivity contribution is 7.92. The van der Waals surface area contributed by atoms with Crippen molar-refractivity contribution >= 4 is 51.4 Å². The first-order valence-corrected chi connectivity index (χ1v) is 34.0. The zero-order valence-corrected chi connectivity index (χ0v) is 58.0. The number of fused-ring (bicyclic) bond motifs is 5. The van der Waals surface area contributed by atoms with Gasteiger partial charge in [0.2, 0.25) is 11.6 Å². The van der Waals surface area contributed by atoms with Crippen LogP contribution in [-0.4, -0.2) is 159 Å². The number of amides is 1. The third-order valence-electron chi connectivity index (χ3n) is 19.0. The third kappa shape index (κ3) is 14.8. The van der Waals surface area contributed by atoms with Crippen LogP contribution in [0.1, 0.15) is 113 Å². The number of carbonyl (C=O) groups is 6. The summed E-state index contributed by atoms with van der Waals surface area (Å²) in [6, 6.07) is 37.9. The molecular formula is C74H80N6O20S. The Morgan fingerprint density at radius 3 is 1.94 bits per heavy atom. The molecule has 1 amide bonds. The molecule has 0 spiro atoms. The molecule has 101 heavy (non-hydrogen) atoms. The maximum absolute atomic E-state index is 15.5. The number of benzene rings is 5. The van der Waals surface area contributed by atoms with Crippen LogP contribution in [0.5, 0.6) is 23.1 Å². The summed E-state index contributed by atoms with van der Waals surface area (Å²) in [5.41, 5.74) is -6.19. The second-order valence-corrected chi connectivity index (χ2v) is 28.3. The first kappa shape index (κ1) is 73.7. The van der Waals surface area contributed by atoms with E-state index < -0.39 is 123 Å². The van der Waals surface area contributed by atoms with Crippen LogP contribution in [0.2, 0.25) is 0 Å². The molecular weight excluding hydrogens is 1320 g/mol. The number of aromatic nitrogens is 4. The van der Waals surface area contributed by atoms with Gasteiger partial charge in [0.05, 0.1) is 54.3 Å². The molecule has 7 aromatic rings. The standard InChI is InChI=1S/C47H51NO14.C27H29N5O6S/c1-25-31(60-43(56)36(52)35(28-16-10-7-11-17-28)48-41(54)29-18-12-8-13-19-29)23-47(57)40(61-42(55)30-20-14-9-15-21-30)38-45(6,32(51)22-33-46(38,24-58-33)62-27(3)50)39(53)37(59-26(2)49)34(25)44(47,4)5;1-27(2,3)18-10-12-19(13-11-18)39(34,35)32-23-22(38-21-9-6-5-8-20(21)36-4)26(37-17-16-33)31-25(30-23)24-28-14-7-15-29-24/h7-21,31-33,35-38,40,51-52,57H,22-24H2,1-6H3,(H,48,54);5-15,33H,16-17H2,1-4H3,(H,30,31,32)/t31-,32-,33+,35-,36+,37+,38-,40-,45+,46-,47+;/m0./s1. The van der Waals surface area contributed by atoms with E-state index in [0.717, 1.165) is 19.4 Å². The van der Waals surface area contributed by atoms with E-state index in [9.17, 15) is 52.8 Å². The van der Waals surface area contributed by atoms with Gasteiger partial charge in [-0.15, -0.1) is 0 Å². The van der Waals surface area contributed by atoms with Gasteiger partial charge in [0, 0.05) is 50.1 Å². The molecule has 5 aromatic carbocycles. The average Bonchev–Trinajstić information content (AvgIpc) is 0.669.